The molecule has 0 aliphatic carbocycles. The molecule has 0 bridgehead atoms. The zero-order chi connectivity index (χ0) is 18.9. The monoisotopic (exact) mass is 371 g/mol. The van der Waals surface area contributed by atoms with E-state index < -0.39 is 5.92 Å². The van der Waals surface area contributed by atoms with E-state index in [-0.39, 0.29) is 18.4 Å². The van der Waals surface area contributed by atoms with E-state index in [4.69, 9.17) is 4.74 Å². The number of rotatable bonds is 8. The third kappa shape index (κ3) is 5.63. The van der Waals surface area contributed by atoms with E-state index in [0.29, 0.717) is 18.6 Å². The summed E-state index contributed by atoms with van der Waals surface area (Å²) in [6, 6.07) is 15.6. The Morgan fingerprint density at radius 2 is 1.88 bits per heavy atom. The van der Waals surface area contributed by atoms with Gasteiger partial charge in [0.2, 0.25) is 0 Å². The van der Waals surface area contributed by atoms with Crippen LogP contribution in [0.25, 0.3) is 0 Å². The van der Waals surface area contributed by atoms with Crippen molar-refractivity contribution < 1.29 is 14.3 Å². The third-order valence-corrected chi connectivity index (χ3v) is 4.87. The normalized spacial score (nSPS) is 11.7. The maximum Gasteiger partial charge on any atom is 0.311 e. The Bertz CT molecular complexity index is 746. The van der Waals surface area contributed by atoms with E-state index in [0.717, 1.165) is 16.0 Å². The van der Waals surface area contributed by atoms with Crippen molar-refractivity contribution in [2.45, 2.75) is 25.2 Å². The summed E-state index contributed by atoms with van der Waals surface area (Å²) in [5.74, 6) is -0.864. The molecule has 0 aliphatic rings. The van der Waals surface area contributed by atoms with Gasteiger partial charge in [-0.3, -0.25) is 9.59 Å². The first kappa shape index (κ1) is 20.0. The van der Waals surface area contributed by atoms with Crippen molar-refractivity contribution in [1.82, 2.24) is 5.32 Å². The number of carbonyl (C=O) groups is 2. The van der Waals surface area contributed by atoms with Gasteiger partial charge < -0.3 is 10.1 Å². The fourth-order valence-corrected chi connectivity index (χ4v) is 3.12. The molecule has 0 saturated carbocycles. The average molecular weight is 372 g/mol. The highest BCUT2D eigenvalue weighted by molar-refractivity contribution is 7.98. The Morgan fingerprint density at radius 1 is 1.15 bits per heavy atom. The fourth-order valence-electron chi connectivity index (χ4n) is 2.68. The van der Waals surface area contributed by atoms with Gasteiger partial charge in [0.25, 0.3) is 5.91 Å². The highest BCUT2D eigenvalue weighted by Crippen LogP contribution is 2.19. The van der Waals surface area contributed by atoms with Gasteiger partial charge in [0.15, 0.2) is 0 Å². The van der Waals surface area contributed by atoms with E-state index >= 15 is 0 Å². The first-order chi connectivity index (χ1) is 12.5. The Morgan fingerprint density at radius 3 is 2.54 bits per heavy atom. The van der Waals surface area contributed by atoms with Crippen LogP contribution in [-0.2, 0) is 16.0 Å². The second-order valence-corrected chi connectivity index (χ2v) is 6.91. The van der Waals surface area contributed by atoms with Gasteiger partial charge in [-0.1, -0.05) is 36.4 Å². The van der Waals surface area contributed by atoms with Crippen LogP contribution in [-0.4, -0.2) is 31.3 Å². The second kappa shape index (κ2) is 10.0. The third-order valence-electron chi connectivity index (χ3n) is 4.14. The van der Waals surface area contributed by atoms with Gasteiger partial charge in [-0.25, -0.2) is 0 Å². The molecule has 0 spiro atoms. The molecular formula is C21H25NO3S. The topological polar surface area (TPSA) is 55.4 Å². The Kier molecular flexibility index (Phi) is 7.73. The Hall–Kier alpha value is -2.27. The maximum absolute atomic E-state index is 12.6. The quantitative estimate of drug-likeness (QED) is 0.565. The molecule has 2 rings (SSSR count). The minimum Gasteiger partial charge on any atom is -0.466 e. The molecule has 138 valence electrons. The minimum absolute atomic E-state index is 0.166. The molecule has 4 nitrogen and oxygen atoms in total. The highest BCUT2D eigenvalue weighted by atomic mass is 32.2. The van der Waals surface area contributed by atoms with Crippen molar-refractivity contribution >= 4 is 23.6 Å². The van der Waals surface area contributed by atoms with Gasteiger partial charge in [0.05, 0.1) is 12.5 Å². The van der Waals surface area contributed by atoms with Gasteiger partial charge in [0.1, 0.15) is 0 Å². The van der Waals surface area contributed by atoms with Gasteiger partial charge in [0, 0.05) is 17.0 Å². The summed E-state index contributed by atoms with van der Waals surface area (Å²) >= 11 is 1.59. The molecule has 1 unspecified atom stereocenters. The number of benzene rings is 2. The van der Waals surface area contributed by atoms with Crippen molar-refractivity contribution in [3.8, 4) is 0 Å². The van der Waals surface area contributed by atoms with Gasteiger partial charge in [-0.05, 0) is 49.8 Å². The summed E-state index contributed by atoms with van der Waals surface area (Å²) in [5.41, 5.74) is 2.59. The smallest absolute Gasteiger partial charge is 0.311 e. The summed E-state index contributed by atoms with van der Waals surface area (Å²) in [7, 11) is 0. The predicted molar refractivity (Wildman–Crippen MR) is 106 cm³/mol. The van der Waals surface area contributed by atoms with Crippen LogP contribution >= 0.6 is 11.8 Å². The number of hydrogen-bond acceptors (Lipinski definition) is 4. The largest absolute Gasteiger partial charge is 0.466 e. The lowest BCUT2D eigenvalue weighted by molar-refractivity contribution is -0.147. The van der Waals surface area contributed by atoms with E-state index in [2.05, 4.69) is 5.32 Å². The lowest BCUT2D eigenvalue weighted by Crippen LogP contribution is -2.35. The fraction of sp³-hybridized carbons (Fsp3) is 0.333. The van der Waals surface area contributed by atoms with Crippen LogP contribution < -0.4 is 5.32 Å². The number of ether oxygens (including phenoxy) is 1. The predicted octanol–water partition coefficient (Wildman–Crippen LogP) is 3.87. The van der Waals surface area contributed by atoms with Gasteiger partial charge in [-0.2, -0.15) is 0 Å². The van der Waals surface area contributed by atoms with Crippen molar-refractivity contribution in [3.63, 3.8) is 0 Å². The van der Waals surface area contributed by atoms with Crippen molar-refractivity contribution in [2.75, 3.05) is 19.4 Å². The summed E-state index contributed by atoms with van der Waals surface area (Å²) < 4.78 is 5.18. The lowest BCUT2D eigenvalue weighted by atomic mass is 9.99. The van der Waals surface area contributed by atoms with Crippen LogP contribution in [0.4, 0.5) is 0 Å². The molecule has 0 heterocycles. The molecule has 1 amide bonds. The zero-order valence-corrected chi connectivity index (χ0v) is 16.3. The summed E-state index contributed by atoms with van der Waals surface area (Å²) in [6.07, 6.45) is 2.51. The van der Waals surface area contributed by atoms with Crippen LogP contribution in [0.1, 0.15) is 28.4 Å². The highest BCUT2D eigenvalue weighted by Gasteiger charge is 2.22. The van der Waals surface area contributed by atoms with Crippen LogP contribution in [0.2, 0.25) is 0 Å². The molecule has 1 N–H and O–H groups in total. The summed E-state index contributed by atoms with van der Waals surface area (Å²) in [6.45, 7) is 4.27. The van der Waals surface area contributed by atoms with E-state index in [1.54, 1.807) is 18.7 Å². The SMILES string of the molecule is CCOC(=O)C(CNC(=O)c1cc(SC)ccc1C)Cc1ccccc1. The number of thioether (sulfide) groups is 1. The lowest BCUT2D eigenvalue weighted by Gasteiger charge is -2.17. The first-order valence-electron chi connectivity index (χ1n) is 8.68. The zero-order valence-electron chi connectivity index (χ0n) is 15.5. The van der Waals surface area contributed by atoms with E-state index in [1.807, 2.05) is 61.7 Å². The number of esters is 1. The number of hydrogen-bond donors (Lipinski definition) is 1. The number of nitrogens with one attached hydrogen (secondary N) is 1. The number of carbonyl (C=O) groups excluding carboxylic acids is 2. The first-order valence-corrected chi connectivity index (χ1v) is 9.91. The molecule has 0 fully saturated rings. The second-order valence-electron chi connectivity index (χ2n) is 6.03. The molecular weight excluding hydrogens is 346 g/mol. The maximum atomic E-state index is 12.6. The Labute approximate surface area is 159 Å². The molecule has 0 aliphatic heterocycles. The average Bonchev–Trinajstić information content (AvgIpc) is 2.66. The van der Waals surface area contributed by atoms with Crippen LogP contribution in [0.3, 0.4) is 0 Å². The molecule has 1 atom stereocenters. The Balaban J connectivity index is 2.08. The number of aryl methyl sites for hydroxylation is 1. The van der Waals surface area contributed by atoms with Crippen molar-refractivity contribution in [1.29, 1.82) is 0 Å². The molecule has 0 saturated heterocycles. The number of amides is 1. The molecule has 5 heteroatoms. The summed E-state index contributed by atoms with van der Waals surface area (Å²) in [4.78, 5) is 25.9. The van der Waals surface area contributed by atoms with E-state index in [9.17, 15) is 9.59 Å². The van der Waals surface area contributed by atoms with E-state index in [1.165, 1.54) is 0 Å². The molecule has 2 aromatic rings. The molecule has 26 heavy (non-hydrogen) atoms. The minimum atomic E-state index is -0.412. The van der Waals surface area contributed by atoms with Crippen LogP contribution in [0.5, 0.6) is 0 Å². The van der Waals surface area contributed by atoms with Gasteiger partial charge in [-0.15, -0.1) is 11.8 Å². The van der Waals surface area contributed by atoms with Crippen LogP contribution in [0, 0.1) is 12.8 Å². The summed E-state index contributed by atoms with van der Waals surface area (Å²) in [5, 5.41) is 2.90. The molecule has 2 aromatic carbocycles. The van der Waals surface area contributed by atoms with Crippen molar-refractivity contribution in [3.05, 3.63) is 65.2 Å². The van der Waals surface area contributed by atoms with Crippen molar-refractivity contribution in [2.24, 2.45) is 5.92 Å². The van der Waals surface area contributed by atoms with Gasteiger partial charge >= 0.3 is 5.97 Å². The molecule has 0 radical (unpaired) electrons. The van der Waals surface area contributed by atoms with Crippen LogP contribution in [0.15, 0.2) is 53.4 Å². The standard InChI is InChI=1S/C21H25NO3S/c1-4-25-21(24)17(12-16-8-6-5-7-9-16)14-22-20(23)19-13-18(26-3)11-10-15(19)2/h5-11,13,17H,4,12,14H2,1-3H3,(H,22,23). The molecule has 0 aromatic heterocycles.